The Morgan fingerprint density at radius 1 is 1.17 bits per heavy atom. The van der Waals surface area contributed by atoms with E-state index in [2.05, 4.69) is 11.9 Å². The van der Waals surface area contributed by atoms with E-state index in [0.29, 0.717) is 46.5 Å². The van der Waals surface area contributed by atoms with Crippen molar-refractivity contribution in [2.45, 2.75) is 0 Å². The summed E-state index contributed by atoms with van der Waals surface area (Å²) < 4.78 is 21.3. The molecule has 152 valence electrons. The van der Waals surface area contributed by atoms with E-state index in [-0.39, 0.29) is 18.4 Å². The van der Waals surface area contributed by atoms with Crippen LogP contribution in [-0.4, -0.2) is 46.3 Å². The Kier molecular flexibility index (Phi) is 5.92. The minimum atomic E-state index is -0.373. The van der Waals surface area contributed by atoms with E-state index in [0.717, 1.165) is 0 Å². The van der Waals surface area contributed by atoms with Crippen LogP contribution in [0.4, 0.5) is 11.4 Å². The first kappa shape index (κ1) is 20.1. The van der Waals surface area contributed by atoms with Gasteiger partial charge in [0.05, 0.1) is 27.0 Å². The summed E-state index contributed by atoms with van der Waals surface area (Å²) in [6, 6.07) is 8.22. The van der Waals surface area contributed by atoms with E-state index < -0.39 is 0 Å². The number of nitrogens with zero attached hydrogens (tertiary/aromatic N) is 1. The van der Waals surface area contributed by atoms with Crippen molar-refractivity contribution in [1.82, 2.24) is 0 Å². The monoisotopic (exact) mass is 398 g/mol. The summed E-state index contributed by atoms with van der Waals surface area (Å²) >= 11 is 0. The van der Waals surface area contributed by atoms with Gasteiger partial charge in [-0.2, -0.15) is 0 Å². The van der Waals surface area contributed by atoms with Gasteiger partial charge in [0.15, 0.2) is 18.1 Å². The highest BCUT2D eigenvalue weighted by atomic mass is 16.5. The van der Waals surface area contributed by atoms with Crippen molar-refractivity contribution in [3.63, 3.8) is 0 Å². The molecule has 0 saturated heterocycles. The molecule has 8 heteroatoms. The molecule has 3 rings (SSSR count). The number of fused-ring (bicyclic) bond motifs is 1. The van der Waals surface area contributed by atoms with Crippen LogP contribution in [0.5, 0.6) is 23.0 Å². The molecule has 1 aliphatic heterocycles. The molecule has 0 unspecified atom stereocenters. The molecule has 1 aliphatic rings. The lowest BCUT2D eigenvalue weighted by molar-refractivity contribution is -0.121. The number of carbonyl (C=O) groups excluding carboxylic acids is 2. The molecule has 0 saturated carbocycles. The van der Waals surface area contributed by atoms with Gasteiger partial charge in [0.25, 0.3) is 11.8 Å². The Labute approximate surface area is 168 Å². The van der Waals surface area contributed by atoms with Crippen LogP contribution in [0.2, 0.25) is 0 Å². The fraction of sp³-hybridized carbons (Fsp3) is 0.238. The van der Waals surface area contributed by atoms with Gasteiger partial charge in [-0.25, -0.2) is 0 Å². The fourth-order valence-electron chi connectivity index (χ4n) is 3.02. The van der Waals surface area contributed by atoms with Gasteiger partial charge in [-0.05, 0) is 30.3 Å². The molecule has 0 bridgehead atoms. The first-order valence-electron chi connectivity index (χ1n) is 8.81. The first-order chi connectivity index (χ1) is 14.0. The number of nitrogens with one attached hydrogen (secondary N) is 1. The molecule has 0 aliphatic carbocycles. The first-order valence-corrected chi connectivity index (χ1v) is 8.81. The molecule has 0 radical (unpaired) electrons. The molecule has 1 heterocycles. The van der Waals surface area contributed by atoms with Crippen LogP contribution in [0.1, 0.15) is 10.4 Å². The predicted octanol–water partition coefficient (Wildman–Crippen LogP) is 2.88. The van der Waals surface area contributed by atoms with Gasteiger partial charge in [-0.3, -0.25) is 9.59 Å². The maximum atomic E-state index is 12.8. The molecule has 2 aromatic rings. The highest BCUT2D eigenvalue weighted by Crippen LogP contribution is 2.39. The van der Waals surface area contributed by atoms with E-state index in [1.54, 1.807) is 41.3 Å². The Hall–Kier alpha value is -3.68. The number of rotatable bonds is 7. The van der Waals surface area contributed by atoms with Gasteiger partial charge in [-0.15, -0.1) is 6.58 Å². The van der Waals surface area contributed by atoms with Crippen molar-refractivity contribution < 1.29 is 28.5 Å². The van der Waals surface area contributed by atoms with Crippen LogP contribution in [0.15, 0.2) is 43.0 Å². The number of ether oxygens (including phenoxy) is 4. The summed E-state index contributed by atoms with van der Waals surface area (Å²) in [6.07, 6.45) is 1.63. The van der Waals surface area contributed by atoms with E-state index in [1.807, 2.05) is 0 Å². The number of hydrogen-bond donors (Lipinski definition) is 1. The number of carbonyl (C=O) groups is 2. The largest absolute Gasteiger partial charge is 0.493 e. The average Bonchev–Trinajstić information content (AvgIpc) is 2.74. The number of hydrogen-bond acceptors (Lipinski definition) is 6. The molecule has 29 heavy (non-hydrogen) atoms. The van der Waals surface area contributed by atoms with Gasteiger partial charge in [0, 0.05) is 17.8 Å². The van der Waals surface area contributed by atoms with Crippen molar-refractivity contribution in [2.75, 3.05) is 44.7 Å². The SMILES string of the molecule is C=CCN1C(=O)COc2ccc(NC(=O)c3cc(OC)c(OC)c(OC)c3)cc21. The number of amides is 2. The van der Waals surface area contributed by atoms with Gasteiger partial charge < -0.3 is 29.2 Å². The molecule has 2 aromatic carbocycles. The lowest BCUT2D eigenvalue weighted by Gasteiger charge is -2.28. The third kappa shape index (κ3) is 3.96. The lowest BCUT2D eigenvalue weighted by Crippen LogP contribution is -2.38. The Morgan fingerprint density at radius 3 is 2.45 bits per heavy atom. The Balaban J connectivity index is 1.90. The molecule has 0 spiro atoms. The molecule has 1 N–H and O–H groups in total. The van der Waals surface area contributed by atoms with Crippen LogP contribution in [0.3, 0.4) is 0 Å². The smallest absolute Gasteiger partial charge is 0.265 e. The van der Waals surface area contributed by atoms with Crippen LogP contribution in [-0.2, 0) is 4.79 Å². The van der Waals surface area contributed by atoms with Gasteiger partial charge >= 0.3 is 0 Å². The predicted molar refractivity (Wildman–Crippen MR) is 109 cm³/mol. The molecular weight excluding hydrogens is 376 g/mol. The van der Waals surface area contributed by atoms with E-state index in [4.69, 9.17) is 18.9 Å². The Morgan fingerprint density at radius 2 is 1.86 bits per heavy atom. The molecule has 8 nitrogen and oxygen atoms in total. The standard InChI is InChI=1S/C21H22N2O6/c1-5-8-23-15-11-14(6-7-16(15)29-12-19(23)24)22-21(25)13-9-17(26-2)20(28-4)18(10-13)27-3/h5-7,9-11H,1,8,12H2,2-4H3,(H,22,25). The third-order valence-corrected chi connectivity index (χ3v) is 4.40. The molecule has 0 atom stereocenters. The quantitative estimate of drug-likeness (QED) is 0.722. The number of methoxy groups -OCH3 is 3. The Bertz CT molecular complexity index is 931. The third-order valence-electron chi connectivity index (χ3n) is 4.40. The van der Waals surface area contributed by atoms with E-state index in [9.17, 15) is 9.59 Å². The summed E-state index contributed by atoms with van der Waals surface area (Å²) in [5.41, 5.74) is 1.41. The zero-order valence-corrected chi connectivity index (χ0v) is 16.5. The minimum Gasteiger partial charge on any atom is -0.493 e. The maximum absolute atomic E-state index is 12.8. The summed E-state index contributed by atoms with van der Waals surface area (Å²) in [6.45, 7) is 4.00. The van der Waals surface area contributed by atoms with Gasteiger partial charge in [0.2, 0.25) is 5.75 Å². The summed E-state index contributed by atoms with van der Waals surface area (Å²) in [7, 11) is 4.45. The summed E-state index contributed by atoms with van der Waals surface area (Å²) in [5, 5.41) is 2.82. The minimum absolute atomic E-state index is 0.0298. The van der Waals surface area contributed by atoms with E-state index in [1.165, 1.54) is 21.3 Å². The van der Waals surface area contributed by atoms with Crippen LogP contribution < -0.4 is 29.2 Å². The normalized spacial score (nSPS) is 12.5. The van der Waals surface area contributed by atoms with Gasteiger partial charge in [-0.1, -0.05) is 6.08 Å². The fourth-order valence-corrected chi connectivity index (χ4v) is 3.02. The van der Waals surface area contributed by atoms with Crippen molar-refractivity contribution in [2.24, 2.45) is 0 Å². The zero-order chi connectivity index (χ0) is 21.0. The molecule has 0 fully saturated rings. The van der Waals surface area contributed by atoms with Crippen molar-refractivity contribution in [1.29, 1.82) is 0 Å². The van der Waals surface area contributed by atoms with Crippen LogP contribution in [0, 0.1) is 0 Å². The summed E-state index contributed by atoms with van der Waals surface area (Å²) in [4.78, 5) is 26.5. The second-order valence-corrected chi connectivity index (χ2v) is 6.13. The van der Waals surface area contributed by atoms with Crippen molar-refractivity contribution >= 4 is 23.2 Å². The maximum Gasteiger partial charge on any atom is 0.265 e. The molecule has 2 amide bonds. The highest BCUT2D eigenvalue weighted by molar-refractivity contribution is 6.06. The molecule has 0 aromatic heterocycles. The summed E-state index contributed by atoms with van der Waals surface area (Å²) in [5.74, 6) is 1.17. The average molecular weight is 398 g/mol. The van der Waals surface area contributed by atoms with Gasteiger partial charge in [0.1, 0.15) is 5.75 Å². The lowest BCUT2D eigenvalue weighted by atomic mass is 10.1. The van der Waals surface area contributed by atoms with E-state index >= 15 is 0 Å². The molecular formula is C21H22N2O6. The number of anilines is 2. The second kappa shape index (κ2) is 8.55. The van der Waals surface area contributed by atoms with Crippen LogP contribution in [0.25, 0.3) is 0 Å². The number of benzene rings is 2. The van der Waals surface area contributed by atoms with Crippen molar-refractivity contribution in [3.8, 4) is 23.0 Å². The second-order valence-electron chi connectivity index (χ2n) is 6.13. The zero-order valence-electron chi connectivity index (χ0n) is 16.5. The topological polar surface area (TPSA) is 86.3 Å². The highest BCUT2D eigenvalue weighted by Gasteiger charge is 2.25. The van der Waals surface area contributed by atoms with Crippen LogP contribution >= 0.6 is 0 Å². The van der Waals surface area contributed by atoms with Crippen molar-refractivity contribution in [3.05, 3.63) is 48.6 Å².